The van der Waals surface area contributed by atoms with Gasteiger partial charge in [-0.15, -0.1) is 0 Å². The Morgan fingerprint density at radius 2 is 1.67 bits per heavy atom. The third-order valence-corrected chi connectivity index (χ3v) is 4.49. The number of benzene rings is 1. The SMILES string of the molecule is Cc1cc(C(=O)N2CCN(C(=O)c3ccc(Cl)cc3Cl)CC2)n[nH]1. The molecule has 24 heavy (non-hydrogen) atoms. The number of carbonyl (C=O) groups is 2. The summed E-state index contributed by atoms with van der Waals surface area (Å²) in [5, 5.41) is 7.56. The summed E-state index contributed by atoms with van der Waals surface area (Å²) >= 11 is 12.0. The van der Waals surface area contributed by atoms with E-state index in [4.69, 9.17) is 23.2 Å². The molecule has 0 unspecified atom stereocenters. The molecule has 0 spiro atoms. The van der Waals surface area contributed by atoms with E-state index < -0.39 is 0 Å². The van der Waals surface area contributed by atoms with Crippen molar-refractivity contribution in [3.8, 4) is 0 Å². The van der Waals surface area contributed by atoms with Crippen LogP contribution in [0.4, 0.5) is 0 Å². The number of H-pyrrole nitrogens is 1. The number of hydrogen-bond acceptors (Lipinski definition) is 3. The highest BCUT2D eigenvalue weighted by molar-refractivity contribution is 6.36. The molecule has 1 aromatic heterocycles. The van der Waals surface area contributed by atoms with Crippen LogP contribution in [0, 0.1) is 6.92 Å². The topological polar surface area (TPSA) is 69.3 Å². The Morgan fingerprint density at radius 1 is 1.04 bits per heavy atom. The number of aromatic nitrogens is 2. The lowest BCUT2D eigenvalue weighted by Gasteiger charge is -2.34. The Labute approximate surface area is 149 Å². The smallest absolute Gasteiger partial charge is 0.274 e. The minimum atomic E-state index is -0.153. The van der Waals surface area contributed by atoms with Crippen molar-refractivity contribution in [3.63, 3.8) is 0 Å². The molecule has 0 radical (unpaired) electrons. The number of hydrogen-bond donors (Lipinski definition) is 1. The van der Waals surface area contributed by atoms with E-state index in [9.17, 15) is 9.59 Å². The Morgan fingerprint density at radius 3 is 2.21 bits per heavy atom. The number of aryl methyl sites for hydroxylation is 1. The predicted octanol–water partition coefficient (Wildman–Crippen LogP) is 2.62. The lowest BCUT2D eigenvalue weighted by atomic mass is 10.1. The highest BCUT2D eigenvalue weighted by Gasteiger charge is 2.27. The third-order valence-electron chi connectivity index (χ3n) is 3.94. The van der Waals surface area contributed by atoms with Gasteiger partial charge in [-0.05, 0) is 31.2 Å². The summed E-state index contributed by atoms with van der Waals surface area (Å²) in [6.07, 6.45) is 0. The molecule has 1 aliphatic heterocycles. The molecule has 126 valence electrons. The van der Waals surface area contributed by atoms with Crippen molar-refractivity contribution in [1.29, 1.82) is 0 Å². The Kier molecular flexibility index (Phi) is 4.78. The van der Waals surface area contributed by atoms with Crippen molar-refractivity contribution in [2.75, 3.05) is 26.2 Å². The van der Waals surface area contributed by atoms with Gasteiger partial charge in [0.05, 0.1) is 10.6 Å². The standard InChI is InChI=1S/C16H16Cl2N4O2/c1-10-8-14(20-19-10)16(24)22-6-4-21(5-7-22)15(23)12-3-2-11(17)9-13(12)18/h2-3,8-9H,4-7H2,1H3,(H,19,20). The quantitative estimate of drug-likeness (QED) is 0.887. The minimum absolute atomic E-state index is 0.129. The van der Waals surface area contributed by atoms with Crippen molar-refractivity contribution in [2.45, 2.75) is 6.92 Å². The number of amides is 2. The first kappa shape index (κ1) is 16.8. The third kappa shape index (κ3) is 3.39. The largest absolute Gasteiger partial charge is 0.335 e. The number of piperazine rings is 1. The second kappa shape index (κ2) is 6.83. The van der Waals surface area contributed by atoms with Crippen molar-refractivity contribution >= 4 is 35.0 Å². The molecule has 2 heterocycles. The van der Waals surface area contributed by atoms with Crippen LogP contribution in [-0.4, -0.2) is 58.0 Å². The molecule has 6 nitrogen and oxygen atoms in total. The summed E-state index contributed by atoms with van der Waals surface area (Å²) in [6, 6.07) is 6.53. The Bertz CT molecular complexity index is 782. The van der Waals surface area contributed by atoms with Gasteiger partial charge in [0.2, 0.25) is 0 Å². The highest BCUT2D eigenvalue weighted by atomic mass is 35.5. The van der Waals surface area contributed by atoms with Gasteiger partial charge in [-0.2, -0.15) is 5.10 Å². The molecular weight excluding hydrogens is 351 g/mol. The molecule has 3 rings (SSSR count). The van der Waals surface area contributed by atoms with Gasteiger partial charge >= 0.3 is 0 Å². The van der Waals surface area contributed by atoms with Crippen LogP contribution < -0.4 is 0 Å². The molecule has 0 aliphatic carbocycles. The van der Waals surface area contributed by atoms with E-state index in [1.165, 1.54) is 0 Å². The van der Waals surface area contributed by atoms with Crippen molar-refractivity contribution < 1.29 is 9.59 Å². The molecule has 8 heteroatoms. The first-order valence-electron chi connectivity index (χ1n) is 7.51. The predicted molar refractivity (Wildman–Crippen MR) is 91.6 cm³/mol. The van der Waals surface area contributed by atoms with E-state index >= 15 is 0 Å². The van der Waals surface area contributed by atoms with Crippen LogP contribution in [0.3, 0.4) is 0 Å². The molecule has 1 aromatic carbocycles. The van der Waals surface area contributed by atoms with Gasteiger partial charge in [0, 0.05) is 36.9 Å². The molecule has 0 saturated carbocycles. The molecule has 2 amide bonds. The van der Waals surface area contributed by atoms with Crippen LogP contribution in [0.15, 0.2) is 24.3 Å². The van der Waals surface area contributed by atoms with Gasteiger partial charge in [-0.25, -0.2) is 0 Å². The van der Waals surface area contributed by atoms with Crippen LogP contribution in [0.2, 0.25) is 10.0 Å². The molecule has 1 N–H and O–H groups in total. The molecule has 1 fully saturated rings. The Hall–Kier alpha value is -2.05. The maximum atomic E-state index is 12.6. The zero-order chi connectivity index (χ0) is 17.3. The number of aromatic amines is 1. The van der Waals surface area contributed by atoms with Gasteiger partial charge in [-0.1, -0.05) is 23.2 Å². The molecule has 0 atom stereocenters. The molecule has 2 aromatic rings. The van der Waals surface area contributed by atoms with E-state index in [2.05, 4.69) is 10.2 Å². The molecular formula is C16H16Cl2N4O2. The van der Waals surface area contributed by atoms with Crippen LogP contribution in [0.25, 0.3) is 0 Å². The maximum Gasteiger partial charge on any atom is 0.274 e. The molecule has 1 aliphatic rings. The highest BCUT2D eigenvalue weighted by Crippen LogP contribution is 2.23. The Balaban J connectivity index is 1.64. The minimum Gasteiger partial charge on any atom is -0.335 e. The van der Waals surface area contributed by atoms with Crippen molar-refractivity contribution in [3.05, 3.63) is 51.3 Å². The lowest BCUT2D eigenvalue weighted by molar-refractivity contribution is 0.0532. The maximum absolute atomic E-state index is 12.6. The second-order valence-corrected chi connectivity index (χ2v) is 6.49. The first-order chi connectivity index (χ1) is 11.5. The summed E-state index contributed by atoms with van der Waals surface area (Å²) < 4.78 is 0. The molecule has 0 bridgehead atoms. The van der Waals surface area contributed by atoms with E-state index in [1.54, 1.807) is 34.1 Å². The normalized spacial score (nSPS) is 14.8. The fourth-order valence-electron chi connectivity index (χ4n) is 2.64. The summed E-state index contributed by atoms with van der Waals surface area (Å²) in [7, 11) is 0. The zero-order valence-corrected chi connectivity index (χ0v) is 14.6. The number of nitrogens with one attached hydrogen (secondary N) is 1. The van der Waals surface area contributed by atoms with Crippen LogP contribution in [0.1, 0.15) is 26.5 Å². The van der Waals surface area contributed by atoms with Gasteiger partial charge in [0.25, 0.3) is 11.8 Å². The summed E-state index contributed by atoms with van der Waals surface area (Å²) in [4.78, 5) is 28.3. The molecule has 1 saturated heterocycles. The van der Waals surface area contributed by atoms with E-state index in [0.29, 0.717) is 47.5 Å². The fraction of sp³-hybridized carbons (Fsp3) is 0.312. The average Bonchev–Trinajstić information content (AvgIpc) is 3.00. The van der Waals surface area contributed by atoms with Gasteiger partial charge in [-0.3, -0.25) is 14.7 Å². The van der Waals surface area contributed by atoms with Crippen molar-refractivity contribution in [1.82, 2.24) is 20.0 Å². The van der Waals surface area contributed by atoms with Crippen LogP contribution in [-0.2, 0) is 0 Å². The number of halogens is 2. The van der Waals surface area contributed by atoms with Gasteiger partial charge < -0.3 is 9.80 Å². The van der Waals surface area contributed by atoms with E-state index in [0.717, 1.165) is 5.69 Å². The number of nitrogens with zero attached hydrogens (tertiary/aromatic N) is 3. The van der Waals surface area contributed by atoms with Gasteiger partial charge in [0.15, 0.2) is 0 Å². The summed E-state index contributed by atoms with van der Waals surface area (Å²) in [6.45, 7) is 3.67. The average molecular weight is 367 g/mol. The lowest BCUT2D eigenvalue weighted by Crippen LogP contribution is -2.50. The van der Waals surface area contributed by atoms with E-state index in [-0.39, 0.29) is 11.8 Å². The number of carbonyl (C=O) groups excluding carboxylic acids is 2. The van der Waals surface area contributed by atoms with Gasteiger partial charge in [0.1, 0.15) is 5.69 Å². The second-order valence-electron chi connectivity index (χ2n) is 5.64. The first-order valence-corrected chi connectivity index (χ1v) is 8.27. The fourth-order valence-corrected chi connectivity index (χ4v) is 3.12. The monoisotopic (exact) mass is 366 g/mol. The van der Waals surface area contributed by atoms with E-state index in [1.807, 2.05) is 6.92 Å². The zero-order valence-electron chi connectivity index (χ0n) is 13.1. The van der Waals surface area contributed by atoms with Crippen LogP contribution >= 0.6 is 23.2 Å². The number of rotatable bonds is 2. The van der Waals surface area contributed by atoms with Crippen molar-refractivity contribution in [2.24, 2.45) is 0 Å². The summed E-state index contributed by atoms with van der Waals surface area (Å²) in [5.74, 6) is -0.282. The summed E-state index contributed by atoms with van der Waals surface area (Å²) in [5.41, 5.74) is 1.65. The van der Waals surface area contributed by atoms with Crippen LogP contribution in [0.5, 0.6) is 0 Å².